The fraction of sp³-hybridized carbons (Fsp3) is 0.500. The third-order valence-electron chi connectivity index (χ3n) is 3.73. The minimum Gasteiger partial charge on any atom is -0.409 e. The zero-order valence-corrected chi connectivity index (χ0v) is 11.1. The summed E-state index contributed by atoms with van der Waals surface area (Å²) >= 11 is 0. The number of oxime groups is 1. The number of amidine groups is 1. The number of likely N-dealkylation sites (tertiary alicyclic amines) is 1. The molecule has 19 heavy (non-hydrogen) atoms. The van der Waals surface area contributed by atoms with E-state index in [-0.39, 0.29) is 11.4 Å². The Kier molecular flexibility index (Phi) is 4.37. The lowest BCUT2D eigenvalue weighted by molar-refractivity contribution is 0.183. The van der Waals surface area contributed by atoms with Gasteiger partial charge >= 0.3 is 0 Å². The maximum absolute atomic E-state index is 14.2. The molecule has 4 nitrogen and oxygen atoms in total. The smallest absolute Gasteiger partial charge is 0.173 e. The van der Waals surface area contributed by atoms with Crippen molar-refractivity contribution in [1.82, 2.24) is 4.90 Å². The molecule has 1 aliphatic heterocycles. The van der Waals surface area contributed by atoms with E-state index in [1.807, 2.05) is 0 Å². The molecule has 0 atom stereocenters. The Hall–Kier alpha value is -1.62. The summed E-state index contributed by atoms with van der Waals surface area (Å²) in [5.41, 5.74) is 6.22. The summed E-state index contributed by atoms with van der Waals surface area (Å²) in [6, 6.07) is 5.01. The van der Waals surface area contributed by atoms with Crippen molar-refractivity contribution in [2.24, 2.45) is 16.8 Å². The van der Waals surface area contributed by atoms with Crippen LogP contribution in [0.1, 0.15) is 30.9 Å². The fourth-order valence-electron chi connectivity index (χ4n) is 2.41. The van der Waals surface area contributed by atoms with Gasteiger partial charge in [-0.1, -0.05) is 24.2 Å². The van der Waals surface area contributed by atoms with E-state index in [4.69, 9.17) is 10.9 Å². The highest BCUT2D eigenvalue weighted by atomic mass is 19.1. The summed E-state index contributed by atoms with van der Waals surface area (Å²) in [5, 5.41) is 11.5. The Morgan fingerprint density at radius 2 is 2.16 bits per heavy atom. The number of hydrogen-bond donors (Lipinski definition) is 2. The van der Waals surface area contributed by atoms with Crippen LogP contribution >= 0.6 is 0 Å². The standard InChI is InChI=1S/C14H20FN3O/c1-10-5-7-18(8-6-10)9-11-3-2-4-12(13(11)15)14(16)17-19/h2-4,10,19H,5-9H2,1H3,(H2,16,17). The van der Waals surface area contributed by atoms with Gasteiger partial charge in [0.05, 0.1) is 5.56 Å². The second kappa shape index (κ2) is 6.02. The van der Waals surface area contributed by atoms with Crippen molar-refractivity contribution in [3.63, 3.8) is 0 Å². The molecule has 0 amide bonds. The highest BCUT2D eigenvalue weighted by Crippen LogP contribution is 2.20. The lowest BCUT2D eigenvalue weighted by Gasteiger charge is -2.30. The van der Waals surface area contributed by atoms with Crippen molar-refractivity contribution in [3.05, 3.63) is 35.1 Å². The van der Waals surface area contributed by atoms with Crippen molar-refractivity contribution in [1.29, 1.82) is 0 Å². The molecule has 0 aliphatic carbocycles. The van der Waals surface area contributed by atoms with Gasteiger partial charge < -0.3 is 10.9 Å². The summed E-state index contributed by atoms with van der Waals surface area (Å²) in [7, 11) is 0. The molecule has 0 radical (unpaired) electrons. The van der Waals surface area contributed by atoms with Crippen LogP contribution in [0.3, 0.4) is 0 Å². The van der Waals surface area contributed by atoms with E-state index in [1.54, 1.807) is 12.1 Å². The maximum atomic E-state index is 14.2. The van der Waals surface area contributed by atoms with Crippen molar-refractivity contribution in [2.45, 2.75) is 26.3 Å². The average molecular weight is 265 g/mol. The average Bonchev–Trinajstić information content (AvgIpc) is 2.43. The Balaban J connectivity index is 2.13. The summed E-state index contributed by atoms with van der Waals surface area (Å²) in [5.74, 6) is 0.174. The minimum absolute atomic E-state index is 0.158. The largest absolute Gasteiger partial charge is 0.409 e. The minimum atomic E-state index is -0.392. The Morgan fingerprint density at radius 1 is 1.47 bits per heavy atom. The summed E-state index contributed by atoms with van der Waals surface area (Å²) in [6.45, 7) is 4.81. The van der Waals surface area contributed by atoms with Crippen LogP contribution in [0.2, 0.25) is 0 Å². The normalized spacial score (nSPS) is 18.7. The van der Waals surface area contributed by atoms with Gasteiger partial charge in [-0.05, 0) is 37.9 Å². The van der Waals surface area contributed by atoms with Gasteiger partial charge in [0.2, 0.25) is 0 Å². The van der Waals surface area contributed by atoms with Gasteiger partial charge in [0, 0.05) is 12.1 Å². The number of rotatable bonds is 3. The van der Waals surface area contributed by atoms with Gasteiger partial charge in [-0.2, -0.15) is 0 Å². The van der Waals surface area contributed by atoms with Gasteiger partial charge in [-0.3, -0.25) is 4.90 Å². The number of halogens is 1. The molecule has 1 heterocycles. The number of nitrogens with zero attached hydrogens (tertiary/aromatic N) is 2. The first-order valence-corrected chi connectivity index (χ1v) is 6.59. The van der Waals surface area contributed by atoms with Crippen LogP contribution in [0.5, 0.6) is 0 Å². The second-order valence-corrected chi connectivity index (χ2v) is 5.22. The van der Waals surface area contributed by atoms with Crippen molar-refractivity contribution in [2.75, 3.05) is 13.1 Å². The van der Waals surface area contributed by atoms with Crippen LogP contribution in [-0.4, -0.2) is 29.0 Å². The van der Waals surface area contributed by atoms with E-state index in [1.165, 1.54) is 6.07 Å². The molecule has 1 fully saturated rings. The molecular weight excluding hydrogens is 245 g/mol. The van der Waals surface area contributed by atoms with Crippen LogP contribution in [0, 0.1) is 11.7 Å². The maximum Gasteiger partial charge on any atom is 0.173 e. The van der Waals surface area contributed by atoms with Crippen LogP contribution < -0.4 is 5.73 Å². The monoisotopic (exact) mass is 265 g/mol. The van der Waals surface area contributed by atoms with Crippen LogP contribution in [0.25, 0.3) is 0 Å². The Morgan fingerprint density at radius 3 is 2.79 bits per heavy atom. The van der Waals surface area contributed by atoms with E-state index >= 15 is 0 Å². The first-order valence-electron chi connectivity index (χ1n) is 6.59. The van der Waals surface area contributed by atoms with Crippen molar-refractivity contribution < 1.29 is 9.60 Å². The fourth-order valence-corrected chi connectivity index (χ4v) is 2.41. The van der Waals surface area contributed by atoms with Crippen LogP contribution in [-0.2, 0) is 6.54 Å². The number of benzene rings is 1. The third-order valence-corrected chi connectivity index (χ3v) is 3.73. The number of piperidine rings is 1. The van der Waals surface area contributed by atoms with Gasteiger partial charge in [-0.15, -0.1) is 0 Å². The van der Waals surface area contributed by atoms with E-state index in [0.717, 1.165) is 31.8 Å². The number of nitrogens with two attached hydrogens (primary N) is 1. The van der Waals surface area contributed by atoms with E-state index in [2.05, 4.69) is 17.0 Å². The first-order chi connectivity index (χ1) is 9.11. The summed E-state index contributed by atoms with van der Waals surface area (Å²) in [6.07, 6.45) is 2.31. The topological polar surface area (TPSA) is 61.8 Å². The highest BCUT2D eigenvalue weighted by molar-refractivity contribution is 5.97. The number of hydrogen-bond acceptors (Lipinski definition) is 3. The lowest BCUT2D eigenvalue weighted by atomic mass is 9.98. The molecule has 3 N–H and O–H groups in total. The predicted molar refractivity (Wildman–Crippen MR) is 72.6 cm³/mol. The van der Waals surface area contributed by atoms with Gasteiger partial charge in [0.1, 0.15) is 5.82 Å². The lowest BCUT2D eigenvalue weighted by Crippen LogP contribution is -2.32. The molecule has 1 saturated heterocycles. The van der Waals surface area contributed by atoms with E-state index in [0.29, 0.717) is 12.1 Å². The molecule has 1 aromatic carbocycles. The molecular formula is C14H20FN3O. The molecule has 0 bridgehead atoms. The van der Waals surface area contributed by atoms with Gasteiger partial charge in [0.25, 0.3) is 0 Å². The van der Waals surface area contributed by atoms with E-state index < -0.39 is 5.82 Å². The van der Waals surface area contributed by atoms with Gasteiger partial charge in [-0.25, -0.2) is 4.39 Å². The zero-order chi connectivity index (χ0) is 13.8. The summed E-state index contributed by atoms with van der Waals surface area (Å²) < 4.78 is 14.2. The third kappa shape index (κ3) is 3.23. The first kappa shape index (κ1) is 13.8. The molecule has 0 unspecified atom stereocenters. The van der Waals surface area contributed by atoms with Crippen molar-refractivity contribution >= 4 is 5.84 Å². The molecule has 5 heteroatoms. The molecule has 0 spiro atoms. The van der Waals surface area contributed by atoms with Crippen molar-refractivity contribution in [3.8, 4) is 0 Å². The molecule has 0 saturated carbocycles. The van der Waals surface area contributed by atoms with Crippen LogP contribution in [0.15, 0.2) is 23.4 Å². The van der Waals surface area contributed by atoms with E-state index in [9.17, 15) is 4.39 Å². The zero-order valence-electron chi connectivity index (χ0n) is 11.1. The predicted octanol–water partition coefficient (Wildman–Crippen LogP) is 2.15. The Bertz CT molecular complexity index is 468. The Labute approximate surface area is 112 Å². The molecule has 104 valence electrons. The highest BCUT2D eigenvalue weighted by Gasteiger charge is 2.18. The molecule has 0 aromatic heterocycles. The molecule has 1 aliphatic rings. The van der Waals surface area contributed by atoms with Gasteiger partial charge in [0.15, 0.2) is 5.84 Å². The molecule has 2 rings (SSSR count). The quantitative estimate of drug-likeness (QED) is 0.381. The summed E-state index contributed by atoms with van der Waals surface area (Å²) in [4.78, 5) is 2.24. The SMILES string of the molecule is CC1CCN(Cc2cccc(/C(N)=N/O)c2F)CC1. The second-order valence-electron chi connectivity index (χ2n) is 5.22. The van der Waals surface area contributed by atoms with Crippen LogP contribution in [0.4, 0.5) is 4.39 Å². The molecule has 1 aromatic rings.